The molecule has 2 saturated heterocycles. The van der Waals surface area contributed by atoms with Gasteiger partial charge in [0.05, 0.1) is 6.42 Å². The summed E-state index contributed by atoms with van der Waals surface area (Å²) in [5.41, 5.74) is 2.51. The van der Waals surface area contributed by atoms with E-state index in [4.69, 9.17) is 0 Å². The fourth-order valence-corrected chi connectivity index (χ4v) is 5.10. The predicted molar refractivity (Wildman–Crippen MR) is 132 cm³/mol. The zero-order valence-electron chi connectivity index (χ0n) is 20.0. The Morgan fingerprint density at radius 1 is 0.853 bits per heavy atom. The van der Waals surface area contributed by atoms with E-state index in [2.05, 4.69) is 5.32 Å². The van der Waals surface area contributed by atoms with Gasteiger partial charge in [0.2, 0.25) is 11.8 Å². The maximum absolute atomic E-state index is 13.5. The van der Waals surface area contributed by atoms with Crippen LogP contribution in [0.15, 0.2) is 54.6 Å². The molecule has 2 heterocycles. The highest BCUT2D eigenvalue weighted by molar-refractivity contribution is 5.98. The average molecular weight is 462 g/mol. The van der Waals surface area contributed by atoms with E-state index in [1.807, 2.05) is 65.3 Å². The highest BCUT2D eigenvalue weighted by Crippen LogP contribution is 2.25. The van der Waals surface area contributed by atoms with Crippen LogP contribution in [-0.4, -0.2) is 59.7 Å². The Balaban J connectivity index is 1.43. The Kier molecular flexibility index (Phi) is 7.99. The number of hydrogen-bond acceptors (Lipinski definition) is 3. The monoisotopic (exact) mass is 461 g/mol. The number of carbonyl (C=O) groups is 3. The summed E-state index contributed by atoms with van der Waals surface area (Å²) < 4.78 is 0. The maximum Gasteiger partial charge on any atom is 0.252 e. The molecule has 0 spiro atoms. The Hall–Kier alpha value is -3.15. The van der Waals surface area contributed by atoms with Crippen LogP contribution < -0.4 is 5.32 Å². The number of nitrogens with one attached hydrogen (secondary N) is 1. The molecule has 0 saturated carbocycles. The topological polar surface area (TPSA) is 69.7 Å². The van der Waals surface area contributed by atoms with Crippen LogP contribution in [0.4, 0.5) is 0 Å². The highest BCUT2D eigenvalue weighted by atomic mass is 16.2. The van der Waals surface area contributed by atoms with Crippen LogP contribution in [0.2, 0.25) is 0 Å². The number of carbonyl (C=O) groups excluding carboxylic acids is 3. The number of rotatable bonds is 6. The Morgan fingerprint density at radius 2 is 1.50 bits per heavy atom. The first-order chi connectivity index (χ1) is 16.5. The first-order valence-electron chi connectivity index (χ1n) is 12.5. The number of aryl methyl sites for hydroxylation is 1. The molecule has 2 aromatic carbocycles. The molecule has 0 unspecified atom stereocenters. The van der Waals surface area contributed by atoms with Gasteiger partial charge in [-0.2, -0.15) is 0 Å². The van der Waals surface area contributed by atoms with Crippen LogP contribution in [0.1, 0.15) is 53.6 Å². The van der Waals surface area contributed by atoms with Crippen molar-refractivity contribution >= 4 is 17.7 Å². The zero-order valence-corrected chi connectivity index (χ0v) is 20.0. The van der Waals surface area contributed by atoms with Gasteiger partial charge in [0.25, 0.3) is 5.91 Å². The van der Waals surface area contributed by atoms with Crippen LogP contribution in [-0.2, 0) is 16.0 Å². The second kappa shape index (κ2) is 11.3. The van der Waals surface area contributed by atoms with Crippen LogP contribution >= 0.6 is 0 Å². The molecule has 1 atom stereocenters. The van der Waals surface area contributed by atoms with Crippen LogP contribution in [0.25, 0.3) is 0 Å². The second-order valence-corrected chi connectivity index (χ2v) is 9.53. The summed E-state index contributed by atoms with van der Waals surface area (Å²) >= 11 is 0. The Morgan fingerprint density at radius 3 is 2.18 bits per heavy atom. The number of benzene rings is 2. The van der Waals surface area contributed by atoms with Gasteiger partial charge in [-0.3, -0.25) is 14.4 Å². The summed E-state index contributed by atoms with van der Waals surface area (Å²) in [4.78, 5) is 43.3. The third-order valence-corrected chi connectivity index (χ3v) is 7.17. The summed E-state index contributed by atoms with van der Waals surface area (Å²) in [5.74, 6) is -0.0394. The molecule has 1 N–H and O–H groups in total. The molecule has 0 bridgehead atoms. The summed E-state index contributed by atoms with van der Waals surface area (Å²) in [6, 6.07) is 16.7. The van der Waals surface area contributed by atoms with E-state index in [1.54, 1.807) is 6.07 Å². The smallest absolute Gasteiger partial charge is 0.252 e. The third kappa shape index (κ3) is 5.85. The third-order valence-electron chi connectivity index (χ3n) is 7.17. The average Bonchev–Trinajstić information content (AvgIpc) is 2.88. The van der Waals surface area contributed by atoms with Crippen molar-refractivity contribution < 1.29 is 14.4 Å². The van der Waals surface area contributed by atoms with E-state index >= 15 is 0 Å². The van der Waals surface area contributed by atoms with Gasteiger partial charge < -0.3 is 15.1 Å². The Labute approximate surface area is 202 Å². The second-order valence-electron chi connectivity index (χ2n) is 9.53. The van der Waals surface area contributed by atoms with Crippen LogP contribution in [0.3, 0.4) is 0 Å². The van der Waals surface area contributed by atoms with Crippen LogP contribution in [0.5, 0.6) is 0 Å². The lowest BCUT2D eigenvalue weighted by atomic mass is 9.87. The number of nitrogens with zero attached hydrogens (tertiary/aromatic N) is 2. The van der Waals surface area contributed by atoms with E-state index < -0.39 is 6.04 Å². The number of piperidine rings is 2. The van der Waals surface area contributed by atoms with Crippen molar-refractivity contribution in [2.75, 3.05) is 26.2 Å². The fraction of sp³-hybridized carbons (Fsp3) is 0.464. The SMILES string of the molecule is Cc1ccccc1C(=O)N[C@H](C(=O)N1CCCCC1)C1CCN(C(=O)Cc2ccccc2)CC1. The summed E-state index contributed by atoms with van der Waals surface area (Å²) in [6.45, 7) is 4.64. The molecule has 2 fully saturated rings. The molecular formula is C28H35N3O3. The van der Waals surface area contributed by atoms with Crippen molar-refractivity contribution in [2.24, 2.45) is 5.92 Å². The van der Waals surface area contributed by atoms with Crippen molar-refractivity contribution in [1.29, 1.82) is 0 Å². The van der Waals surface area contributed by atoms with Gasteiger partial charge in [-0.25, -0.2) is 0 Å². The molecule has 34 heavy (non-hydrogen) atoms. The molecule has 180 valence electrons. The van der Waals surface area contributed by atoms with Gasteiger partial charge in [-0.1, -0.05) is 48.5 Å². The van der Waals surface area contributed by atoms with E-state index in [-0.39, 0.29) is 23.6 Å². The maximum atomic E-state index is 13.5. The summed E-state index contributed by atoms with van der Waals surface area (Å²) in [6.07, 6.45) is 4.97. The van der Waals surface area contributed by atoms with Gasteiger partial charge in [-0.15, -0.1) is 0 Å². The summed E-state index contributed by atoms with van der Waals surface area (Å²) in [7, 11) is 0. The van der Waals surface area contributed by atoms with E-state index in [1.165, 1.54) is 0 Å². The molecule has 0 radical (unpaired) electrons. The van der Waals surface area contributed by atoms with Gasteiger partial charge in [0, 0.05) is 31.7 Å². The Bertz CT molecular complexity index is 993. The normalized spacial score (nSPS) is 17.8. The standard InChI is InChI=1S/C28H35N3O3/c1-21-10-6-7-13-24(21)27(33)29-26(28(34)31-16-8-3-9-17-31)23-14-18-30(19-15-23)25(32)20-22-11-4-2-5-12-22/h2,4-7,10-13,23,26H,3,8-9,14-20H2,1H3,(H,29,33)/t26-/m0/s1. The lowest BCUT2D eigenvalue weighted by Crippen LogP contribution is -2.55. The largest absolute Gasteiger partial charge is 0.342 e. The van der Waals surface area contributed by atoms with Gasteiger partial charge >= 0.3 is 0 Å². The first-order valence-corrected chi connectivity index (χ1v) is 12.5. The van der Waals surface area contributed by atoms with Crippen molar-refractivity contribution in [1.82, 2.24) is 15.1 Å². The molecule has 0 aromatic heterocycles. The molecule has 4 rings (SSSR count). The zero-order chi connectivity index (χ0) is 23.9. The highest BCUT2D eigenvalue weighted by Gasteiger charge is 2.36. The van der Waals surface area contributed by atoms with E-state index in [0.717, 1.165) is 43.5 Å². The lowest BCUT2D eigenvalue weighted by molar-refractivity contribution is -0.136. The number of likely N-dealkylation sites (tertiary alicyclic amines) is 2. The molecule has 2 aromatic rings. The molecular weight excluding hydrogens is 426 g/mol. The number of amides is 3. The van der Waals surface area contributed by atoms with Crippen molar-refractivity contribution in [3.05, 3.63) is 71.3 Å². The van der Waals surface area contributed by atoms with Crippen molar-refractivity contribution in [2.45, 2.75) is 51.5 Å². The van der Waals surface area contributed by atoms with Gasteiger partial charge in [0.15, 0.2) is 0 Å². The van der Waals surface area contributed by atoms with E-state index in [9.17, 15) is 14.4 Å². The molecule has 2 aliphatic heterocycles. The minimum Gasteiger partial charge on any atom is -0.342 e. The van der Waals surface area contributed by atoms with Crippen molar-refractivity contribution in [3.8, 4) is 0 Å². The molecule has 6 nitrogen and oxygen atoms in total. The fourth-order valence-electron chi connectivity index (χ4n) is 5.10. The minimum atomic E-state index is -0.559. The van der Waals surface area contributed by atoms with Crippen molar-refractivity contribution in [3.63, 3.8) is 0 Å². The van der Waals surface area contributed by atoms with Crippen LogP contribution in [0, 0.1) is 12.8 Å². The first kappa shape index (κ1) is 24.0. The molecule has 0 aliphatic carbocycles. The quantitative estimate of drug-likeness (QED) is 0.715. The lowest BCUT2D eigenvalue weighted by Gasteiger charge is -2.38. The molecule has 6 heteroatoms. The van der Waals surface area contributed by atoms with Gasteiger partial charge in [0.1, 0.15) is 6.04 Å². The van der Waals surface area contributed by atoms with Gasteiger partial charge in [-0.05, 0) is 62.1 Å². The number of hydrogen-bond donors (Lipinski definition) is 1. The molecule has 3 amide bonds. The summed E-state index contributed by atoms with van der Waals surface area (Å²) in [5, 5.41) is 3.09. The predicted octanol–water partition coefficient (Wildman–Crippen LogP) is 3.59. The molecule has 2 aliphatic rings. The minimum absolute atomic E-state index is 0.0168. The van der Waals surface area contributed by atoms with E-state index in [0.29, 0.717) is 37.9 Å².